The summed E-state index contributed by atoms with van der Waals surface area (Å²) >= 11 is 3.33. The number of guanidine groups is 1. The van der Waals surface area contributed by atoms with Crippen LogP contribution in [-0.4, -0.2) is 59.5 Å². The van der Waals surface area contributed by atoms with Gasteiger partial charge in [-0.25, -0.2) is 4.98 Å². The minimum Gasteiger partial charge on any atom is -0.357 e. The maximum atomic E-state index is 4.90. The van der Waals surface area contributed by atoms with Gasteiger partial charge in [0, 0.05) is 61.5 Å². The van der Waals surface area contributed by atoms with Gasteiger partial charge >= 0.3 is 0 Å². The number of aromatic nitrogens is 2. The number of aryl methyl sites for hydroxylation is 1. The van der Waals surface area contributed by atoms with Gasteiger partial charge < -0.3 is 15.1 Å². The van der Waals surface area contributed by atoms with E-state index in [1.54, 1.807) is 0 Å². The Morgan fingerprint density at radius 1 is 1.30 bits per heavy atom. The molecule has 27 heavy (non-hydrogen) atoms. The Morgan fingerprint density at radius 3 is 2.67 bits per heavy atom. The van der Waals surface area contributed by atoms with Crippen LogP contribution in [0.1, 0.15) is 37.4 Å². The first-order chi connectivity index (χ1) is 12.7. The lowest BCUT2D eigenvalue weighted by atomic mass is 10.1. The number of hydrogen-bond acceptors (Lipinski definition) is 6. The second kappa shape index (κ2) is 11.2. The Balaban J connectivity index is 0.00000261. The molecule has 1 N–H and O–H groups in total. The number of nitrogens with zero attached hydrogens (tertiary/aromatic N) is 5. The number of rotatable bonds is 6. The average molecular weight is 521 g/mol. The van der Waals surface area contributed by atoms with Crippen molar-refractivity contribution in [2.45, 2.75) is 33.1 Å². The van der Waals surface area contributed by atoms with Crippen molar-refractivity contribution in [3.63, 3.8) is 0 Å². The standard InChI is InChI=1S/C18H28N6S2.HI/c1-4-16-21-18(26-22-16)24-10-8-23(9-11-24)17(19-5-2)20-13-14(3)15-7-6-12-25-15;/h6-7,12,14H,4-5,8-11,13H2,1-3H3,(H,19,20);1H. The molecule has 2 aromatic heterocycles. The SMILES string of the molecule is CCNC(=NCC(C)c1cccs1)N1CCN(c2nc(CC)ns2)CC1.I. The van der Waals surface area contributed by atoms with Gasteiger partial charge in [-0.2, -0.15) is 4.37 Å². The van der Waals surface area contributed by atoms with Gasteiger partial charge in [-0.3, -0.25) is 4.99 Å². The molecule has 1 atom stereocenters. The lowest BCUT2D eigenvalue weighted by molar-refractivity contribution is 0.372. The first-order valence-electron chi connectivity index (χ1n) is 9.35. The summed E-state index contributed by atoms with van der Waals surface area (Å²) in [7, 11) is 0. The van der Waals surface area contributed by atoms with Crippen molar-refractivity contribution in [1.82, 2.24) is 19.6 Å². The number of anilines is 1. The van der Waals surface area contributed by atoms with Crippen molar-refractivity contribution in [3.05, 3.63) is 28.2 Å². The van der Waals surface area contributed by atoms with Gasteiger partial charge in [0.15, 0.2) is 5.96 Å². The quantitative estimate of drug-likeness (QED) is 0.358. The van der Waals surface area contributed by atoms with Crippen LogP contribution in [0.3, 0.4) is 0 Å². The highest BCUT2D eigenvalue weighted by Crippen LogP contribution is 2.21. The molecule has 1 saturated heterocycles. The molecule has 6 nitrogen and oxygen atoms in total. The predicted molar refractivity (Wildman–Crippen MR) is 127 cm³/mol. The Hall–Kier alpha value is -0.940. The van der Waals surface area contributed by atoms with Gasteiger partial charge in [-0.15, -0.1) is 35.3 Å². The van der Waals surface area contributed by atoms with E-state index >= 15 is 0 Å². The average Bonchev–Trinajstić information content (AvgIpc) is 3.37. The molecule has 2 aromatic rings. The molecule has 3 rings (SSSR count). The number of piperazine rings is 1. The maximum Gasteiger partial charge on any atom is 0.205 e. The molecule has 0 saturated carbocycles. The zero-order chi connectivity index (χ0) is 18.4. The van der Waals surface area contributed by atoms with Gasteiger partial charge in [0.05, 0.1) is 6.54 Å². The van der Waals surface area contributed by atoms with Gasteiger partial charge in [0.25, 0.3) is 0 Å². The van der Waals surface area contributed by atoms with Crippen LogP contribution in [0.15, 0.2) is 22.5 Å². The summed E-state index contributed by atoms with van der Waals surface area (Å²) in [5.74, 6) is 2.44. The van der Waals surface area contributed by atoms with E-state index in [4.69, 9.17) is 4.99 Å². The van der Waals surface area contributed by atoms with Crippen molar-refractivity contribution < 1.29 is 0 Å². The molecular weight excluding hydrogens is 491 g/mol. The summed E-state index contributed by atoms with van der Waals surface area (Å²) in [5, 5.41) is 6.64. The molecule has 1 fully saturated rings. The minimum absolute atomic E-state index is 0. The summed E-state index contributed by atoms with van der Waals surface area (Å²) in [6.45, 7) is 12.0. The monoisotopic (exact) mass is 520 g/mol. The van der Waals surface area contributed by atoms with E-state index in [-0.39, 0.29) is 24.0 Å². The van der Waals surface area contributed by atoms with Gasteiger partial charge in [-0.05, 0) is 18.4 Å². The molecule has 0 bridgehead atoms. The van der Waals surface area contributed by atoms with E-state index in [0.29, 0.717) is 5.92 Å². The molecule has 0 aliphatic carbocycles. The summed E-state index contributed by atoms with van der Waals surface area (Å²) < 4.78 is 4.41. The van der Waals surface area contributed by atoms with Crippen molar-refractivity contribution in [2.75, 3.05) is 44.2 Å². The highest BCUT2D eigenvalue weighted by atomic mass is 127. The normalized spacial score (nSPS) is 16.2. The molecule has 1 aliphatic rings. The fraction of sp³-hybridized carbons (Fsp3) is 0.611. The van der Waals surface area contributed by atoms with Gasteiger partial charge in [-0.1, -0.05) is 19.9 Å². The van der Waals surface area contributed by atoms with Crippen LogP contribution >= 0.6 is 46.8 Å². The largest absolute Gasteiger partial charge is 0.357 e. The van der Waals surface area contributed by atoms with Crippen LogP contribution < -0.4 is 10.2 Å². The lowest BCUT2D eigenvalue weighted by Crippen LogP contribution is -2.52. The molecule has 3 heterocycles. The van der Waals surface area contributed by atoms with Crippen molar-refractivity contribution in [1.29, 1.82) is 0 Å². The van der Waals surface area contributed by atoms with Crippen molar-refractivity contribution in [3.8, 4) is 0 Å². The summed E-state index contributed by atoms with van der Waals surface area (Å²) in [4.78, 5) is 15.6. The molecule has 0 radical (unpaired) electrons. The molecular formula is C18H29IN6S2. The number of hydrogen-bond donors (Lipinski definition) is 1. The van der Waals surface area contributed by atoms with Crippen LogP contribution in [0.4, 0.5) is 5.13 Å². The van der Waals surface area contributed by atoms with E-state index in [1.807, 2.05) is 11.3 Å². The van der Waals surface area contributed by atoms with Crippen molar-refractivity contribution in [2.24, 2.45) is 4.99 Å². The van der Waals surface area contributed by atoms with E-state index in [0.717, 1.165) is 62.6 Å². The maximum absolute atomic E-state index is 4.90. The van der Waals surface area contributed by atoms with Crippen LogP contribution in [0.2, 0.25) is 0 Å². The number of halogens is 1. The van der Waals surface area contributed by atoms with E-state index in [9.17, 15) is 0 Å². The second-order valence-electron chi connectivity index (χ2n) is 6.43. The third-order valence-corrected chi connectivity index (χ3v) is 6.42. The number of aliphatic imine (C=N–C) groups is 1. The lowest BCUT2D eigenvalue weighted by Gasteiger charge is -2.36. The van der Waals surface area contributed by atoms with Crippen LogP contribution in [0, 0.1) is 0 Å². The number of nitrogens with one attached hydrogen (secondary N) is 1. The third kappa shape index (κ3) is 6.02. The summed E-state index contributed by atoms with van der Waals surface area (Å²) in [5.41, 5.74) is 0. The van der Waals surface area contributed by atoms with Crippen LogP contribution in [-0.2, 0) is 6.42 Å². The van der Waals surface area contributed by atoms with E-state index < -0.39 is 0 Å². The highest BCUT2D eigenvalue weighted by Gasteiger charge is 2.22. The number of thiophene rings is 1. The molecule has 1 aliphatic heterocycles. The van der Waals surface area contributed by atoms with Crippen molar-refractivity contribution >= 4 is 57.9 Å². The zero-order valence-corrected chi connectivity index (χ0v) is 20.2. The second-order valence-corrected chi connectivity index (χ2v) is 8.14. The third-order valence-electron chi connectivity index (χ3n) is 4.50. The zero-order valence-electron chi connectivity index (χ0n) is 16.2. The fourth-order valence-corrected chi connectivity index (χ4v) is 4.52. The summed E-state index contributed by atoms with van der Waals surface area (Å²) in [6, 6.07) is 4.31. The molecule has 150 valence electrons. The Morgan fingerprint density at radius 2 is 2.07 bits per heavy atom. The van der Waals surface area contributed by atoms with Crippen LogP contribution in [0.5, 0.6) is 0 Å². The fourth-order valence-electron chi connectivity index (χ4n) is 2.94. The van der Waals surface area contributed by atoms with Gasteiger partial charge in [0.2, 0.25) is 5.13 Å². The molecule has 0 amide bonds. The molecule has 0 aromatic carbocycles. The first-order valence-corrected chi connectivity index (χ1v) is 11.0. The minimum atomic E-state index is 0. The molecule has 1 unspecified atom stereocenters. The first kappa shape index (κ1) is 22.4. The molecule has 9 heteroatoms. The highest BCUT2D eigenvalue weighted by molar-refractivity contribution is 14.0. The smallest absolute Gasteiger partial charge is 0.205 e. The summed E-state index contributed by atoms with van der Waals surface area (Å²) in [6.07, 6.45) is 0.899. The topological polar surface area (TPSA) is 56.7 Å². The molecule has 0 spiro atoms. The van der Waals surface area contributed by atoms with E-state index in [2.05, 4.69) is 62.8 Å². The predicted octanol–water partition coefficient (Wildman–Crippen LogP) is 3.67. The van der Waals surface area contributed by atoms with Gasteiger partial charge in [0.1, 0.15) is 5.82 Å². The Labute approximate surface area is 187 Å². The van der Waals surface area contributed by atoms with Crippen LogP contribution in [0.25, 0.3) is 0 Å². The van der Waals surface area contributed by atoms with E-state index in [1.165, 1.54) is 16.4 Å². The Bertz CT molecular complexity index is 695. The Kier molecular flexibility index (Phi) is 9.24.